The zero-order valence-corrected chi connectivity index (χ0v) is 21.1. The molecule has 0 bridgehead atoms. The number of hydrazone groups is 1. The summed E-state index contributed by atoms with van der Waals surface area (Å²) < 4.78 is 10.7. The third kappa shape index (κ3) is 5.56. The zero-order valence-electron chi connectivity index (χ0n) is 21.1. The number of likely N-dealkylation sites (tertiary alicyclic amines) is 1. The van der Waals surface area contributed by atoms with Crippen molar-refractivity contribution in [3.05, 3.63) is 64.7 Å². The van der Waals surface area contributed by atoms with Crippen LogP contribution in [0.5, 0.6) is 5.75 Å². The van der Waals surface area contributed by atoms with Crippen molar-refractivity contribution in [1.29, 1.82) is 0 Å². The molecule has 2 aromatic carbocycles. The summed E-state index contributed by atoms with van der Waals surface area (Å²) in [6.45, 7) is 7.12. The van der Waals surface area contributed by atoms with Crippen LogP contribution < -0.4 is 4.74 Å². The molecule has 0 N–H and O–H groups in total. The number of carbonyl (C=O) groups is 2. The van der Waals surface area contributed by atoms with Crippen molar-refractivity contribution in [2.24, 2.45) is 5.10 Å². The van der Waals surface area contributed by atoms with E-state index >= 15 is 0 Å². The van der Waals surface area contributed by atoms with E-state index in [1.165, 1.54) is 5.56 Å². The number of nitrogens with zero attached hydrogens (tertiary/aromatic N) is 3. The zero-order chi connectivity index (χ0) is 24.9. The Morgan fingerprint density at radius 2 is 1.94 bits per heavy atom. The van der Waals surface area contributed by atoms with E-state index in [1.807, 2.05) is 36.1 Å². The molecule has 7 nitrogen and oxygen atoms in total. The molecule has 0 unspecified atom stereocenters. The Hall–Kier alpha value is -3.19. The van der Waals surface area contributed by atoms with E-state index in [-0.39, 0.29) is 30.5 Å². The van der Waals surface area contributed by atoms with Gasteiger partial charge in [0.2, 0.25) is 0 Å². The average molecular weight is 478 g/mol. The van der Waals surface area contributed by atoms with E-state index in [4.69, 9.17) is 14.6 Å². The summed E-state index contributed by atoms with van der Waals surface area (Å²) in [5, 5.41) is 6.46. The summed E-state index contributed by atoms with van der Waals surface area (Å²) in [7, 11) is 1.64. The lowest BCUT2D eigenvalue weighted by Gasteiger charge is -2.34. The molecule has 2 atom stereocenters. The predicted octanol–water partition coefficient (Wildman–Crippen LogP) is 4.41. The molecule has 1 fully saturated rings. The quantitative estimate of drug-likeness (QED) is 0.553. The minimum atomic E-state index is -0.381. The maximum atomic E-state index is 13.7. The Kier molecular flexibility index (Phi) is 7.86. The summed E-state index contributed by atoms with van der Waals surface area (Å²) >= 11 is 0. The van der Waals surface area contributed by atoms with Gasteiger partial charge in [0.15, 0.2) is 0 Å². The van der Waals surface area contributed by atoms with Gasteiger partial charge in [-0.3, -0.25) is 14.5 Å². The summed E-state index contributed by atoms with van der Waals surface area (Å²) in [5.41, 5.74) is 5.25. The first kappa shape index (κ1) is 24.9. The number of ether oxygens (including phenoxy) is 2. The minimum absolute atomic E-state index is 0.117. The molecular formula is C28H35N3O4. The number of esters is 1. The van der Waals surface area contributed by atoms with Gasteiger partial charge in [0.05, 0.1) is 32.0 Å². The van der Waals surface area contributed by atoms with Crippen LogP contribution in [-0.4, -0.2) is 60.3 Å². The van der Waals surface area contributed by atoms with Crippen molar-refractivity contribution < 1.29 is 19.1 Å². The van der Waals surface area contributed by atoms with Crippen LogP contribution in [0.25, 0.3) is 0 Å². The van der Waals surface area contributed by atoms with Gasteiger partial charge in [0.25, 0.3) is 5.91 Å². The number of benzene rings is 2. The topological polar surface area (TPSA) is 71.4 Å². The van der Waals surface area contributed by atoms with Crippen molar-refractivity contribution in [2.75, 3.05) is 26.8 Å². The first-order chi connectivity index (χ1) is 16.9. The van der Waals surface area contributed by atoms with Crippen molar-refractivity contribution in [1.82, 2.24) is 9.91 Å². The van der Waals surface area contributed by atoms with Crippen molar-refractivity contribution in [2.45, 2.75) is 58.5 Å². The van der Waals surface area contributed by atoms with Gasteiger partial charge in [-0.2, -0.15) is 5.10 Å². The minimum Gasteiger partial charge on any atom is -0.497 e. The van der Waals surface area contributed by atoms with Crippen molar-refractivity contribution >= 4 is 17.6 Å². The van der Waals surface area contributed by atoms with Gasteiger partial charge in [0, 0.05) is 12.0 Å². The Morgan fingerprint density at radius 1 is 1.11 bits per heavy atom. The van der Waals surface area contributed by atoms with Crippen LogP contribution >= 0.6 is 0 Å². The number of hydrogen-bond donors (Lipinski definition) is 0. The normalized spacial score (nSPS) is 20.5. The molecule has 0 spiro atoms. The smallest absolute Gasteiger partial charge is 0.323 e. The van der Waals surface area contributed by atoms with E-state index in [0.717, 1.165) is 41.0 Å². The molecule has 0 aromatic heterocycles. The second-order valence-electron chi connectivity index (χ2n) is 9.33. The van der Waals surface area contributed by atoms with Gasteiger partial charge >= 0.3 is 5.97 Å². The molecule has 186 valence electrons. The van der Waals surface area contributed by atoms with Crippen molar-refractivity contribution in [3.63, 3.8) is 0 Å². The Bertz CT molecular complexity index is 1110. The second-order valence-corrected chi connectivity index (χ2v) is 9.33. The Labute approximate surface area is 207 Å². The number of methoxy groups -OCH3 is 1. The van der Waals surface area contributed by atoms with Crippen LogP contribution in [0.3, 0.4) is 0 Å². The number of carbonyl (C=O) groups excluding carboxylic acids is 2. The molecule has 2 aliphatic rings. The highest BCUT2D eigenvalue weighted by molar-refractivity contribution is 6.04. The summed E-state index contributed by atoms with van der Waals surface area (Å²) in [6, 6.07) is 13.5. The van der Waals surface area contributed by atoms with Gasteiger partial charge in [-0.1, -0.05) is 42.3 Å². The first-order valence-corrected chi connectivity index (χ1v) is 12.4. The maximum absolute atomic E-state index is 13.7. The number of hydrogen-bond acceptors (Lipinski definition) is 6. The molecule has 1 saturated heterocycles. The number of rotatable bonds is 7. The fraction of sp³-hybridized carbons (Fsp3) is 0.464. The number of piperidine rings is 1. The molecule has 1 amide bonds. The van der Waals surface area contributed by atoms with Gasteiger partial charge < -0.3 is 9.47 Å². The van der Waals surface area contributed by atoms with Gasteiger partial charge in [0.1, 0.15) is 11.8 Å². The lowest BCUT2D eigenvalue weighted by Crippen LogP contribution is -2.49. The standard InChI is InChI=1S/C28H35N3O4/c1-5-35-28(33)25-11-6-7-14-30(25)18-27(32)31-26(21-9-8-10-22(16-21)34-4)17-24(29-31)23-13-12-19(2)15-20(23)3/h8-10,12-13,15-16,25-26H,5-7,11,14,17-18H2,1-4H3/t25-,26+/m0/s1. The summed E-state index contributed by atoms with van der Waals surface area (Å²) in [5.74, 6) is 0.382. The van der Waals surface area contributed by atoms with Crippen LogP contribution in [0.2, 0.25) is 0 Å². The molecule has 4 rings (SSSR count). The third-order valence-electron chi connectivity index (χ3n) is 6.85. The number of aryl methyl sites for hydroxylation is 2. The number of amides is 1. The first-order valence-electron chi connectivity index (χ1n) is 12.4. The fourth-order valence-corrected chi connectivity index (χ4v) is 5.08. The van der Waals surface area contributed by atoms with Crippen LogP contribution in [0.1, 0.15) is 60.9 Å². The van der Waals surface area contributed by atoms with E-state index in [9.17, 15) is 9.59 Å². The highest BCUT2D eigenvalue weighted by Crippen LogP contribution is 2.35. The van der Waals surface area contributed by atoms with Gasteiger partial charge in [-0.15, -0.1) is 0 Å². The molecular weight excluding hydrogens is 442 g/mol. The molecule has 0 saturated carbocycles. The molecule has 2 aliphatic heterocycles. The Morgan fingerprint density at radius 3 is 2.69 bits per heavy atom. The van der Waals surface area contributed by atoms with E-state index < -0.39 is 0 Å². The monoisotopic (exact) mass is 477 g/mol. The molecule has 2 aromatic rings. The van der Waals surface area contributed by atoms with Gasteiger partial charge in [-0.05, 0) is 63.4 Å². The molecule has 35 heavy (non-hydrogen) atoms. The highest BCUT2D eigenvalue weighted by Gasteiger charge is 2.37. The highest BCUT2D eigenvalue weighted by atomic mass is 16.5. The predicted molar refractivity (Wildman–Crippen MR) is 135 cm³/mol. The van der Waals surface area contributed by atoms with E-state index in [2.05, 4.69) is 32.0 Å². The largest absolute Gasteiger partial charge is 0.497 e. The lowest BCUT2D eigenvalue weighted by molar-refractivity contribution is -0.152. The second kappa shape index (κ2) is 11.0. The third-order valence-corrected chi connectivity index (χ3v) is 6.85. The molecule has 7 heteroatoms. The summed E-state index contributed by atoms with van der Waals surface area (Å²) in [4.78, 5) is 28.2. The van der Waals surface area contributed by atoms with Crippen LogP contribution in [0, 0.1) is 13.8 Å². The van der Waals surface area contributed by atoms with Crippen LogP contribution in [0.4, 0.5) is 0 Å². The molecule has 2 heterocycles. The van der Waals surface area contributed by atoms with Crippen molar-refractivity contribution in [3.8, 4) is 5.75 Å². The van der Waals surface area contributed by atoms with Crippen LogP contribution in [0.15, 0.2) is 47.6 Å². The Balaban J connectivity index is 1.63. The van der Waals surface area contributed by atoms with E-state index in [1.54, 1.807) is 12.1 Å². The SMILES string of the molecule is CCOC(=O)[C@@H]1CCCCN1CC(=O)N1N=C(c2ccc(C)cc2C)C[C@@H]1c1cccc(OC)c1. The fourth-order valence-electron chi connectivity index (χ4n) is 5.08. The maximum Gasteiger partial charge on any atom is 0.323 e. The van der Waals surface area contributed by atoms with Gasteiger partial charge in [-0.25, -0.2) is 5.01 Å². The molecule has 0 aliphatic carbocycles. The van der Waals surface area contributed by atoms with E-state index in [0.29, 0.717) is 26.0 Å². The van der Waals surface area contributed by atoms with Crippen LogP contribution in [-0.2, 0) is 14.3 Å². The summed E-state index contributed by atoms with van der Waals surface area (Å²) in [6.07, 6.45) is 3.24. The lowest BCUT2D eigenvalue weighted by atomic mass is 9.95. The average Bonchev–Trinajstić information content (AvgIpc) is 3.30. The molecule has 0 radical (unpaired) electrons.